The van der Waals surface area contributed by atoms with E-state index in [4.69, 9.17) is 5.84 Å². The molecule has 0 spiro atoms. The number of nitrogens with zero attached hydrogens (tertiary/aromatic N) is 2. The summed E-state index contributed by atoms with van der Waals surface area (Å²) in [5.41, 5.74) is 3.57. The molecular formula is C9H9BrN4O. The Labute approximate surface area is 94.4 Å². The zero-order valence-corrected chi connectivity index (χ0v) is 9.36. The molecule has 0 bridgehead atoms. The first-order chi connectivity index (χ1) is 7.19. The largest absolute Gasteiger partial charge is 0.306 e. The van der Waals surface area contributed by atoms with E-state index in [-0.39, 0.29) is 12.3 Å². The number of halogens is 1. The number of carbonyl (C=O) groups excluding carboxylic acids is 1. The van der Waals surface area contributed by atoms with E-state index in [2.05, 4.69) is 26.3 Å². The van der Waals surface area contributed by atoms with Crippen LogP contribution in [0.1, 0.15) is 5.69 Å². The van der Waals surface area contributed by atoms with E-state index in [1.54, 1.807) is 6.20 Å². The Morgan fingerprint density at radius 1 is 1.53 bits per heavy atom. The number of nitrogens with two attached hydrogens (primary N) is 1. The van der Waals surface area contributed by atoms with Crippen LogP contribution in [0.2, 0.25) is 0 Å². The summed E-state index contributed by atoms with van der Waals surface area (Å²) in [4.78, 5) is 15.3. The van der Waals surface area contributed by atoms with E-state index in [0.29, 0.717) is 5.69 Å². The number of nitrogens with one attached hydrogen (secondary N) is 1. The minimum absolute atomic E-state index is 0.190. The van der Waals surface area contributed by atoms with Gasteiger partial charge in [0, 0.05) is 16.9 Å². The van der Waals surface area contributed by atoms with Crippen LogP contribution >= 0.6 is 15.9 Å². The number of hydrazine groups is 1. The monoisotopic (exact) mass is 268 g/mol. The molecule has 0 unspecified atom stereocenters. The SMILES string of the molecule is NNC(=O)Cc1cn2cc(Br)ccc2n1. The highest BCUT2D eigenvalue weighted by Crippen LogP contribution is 2.12. The third kappa shape index (κ3) is 2.16. The van der Waals surface area contributed by atoms with E-state index < -0.39 is 0 Å². The molecule has 2 aromatic heterocycles. The molecule has 3 N–H and O–H groups in total. The lowest BCUT2D eigenvalue weighted by molar-refractivity contribution is -0.120. The number of imidazole rings is 1. The maximum absolute atomic E-state index is 11.0. The highest BCUT2D eigenvalue weighted by molar-refractivity contribution is 9.10. The van der Waals surface area contributed by atoms with Crippen molar-refractivity contribution < 1.29 is 4.79 Å². The lowest BCUT2D eigenvalue weighted by Gasteiger charge is -1.93. The molecule has 0 radical (unpaired) electrons. The standard InChI is InChI=1S/C9H9BrN4O/c10-6-1-2-8-12-7(3-9(15)13-11)5-14(8)4-6/h1-2,4-5H,3,11H2,(H,13,15). The summed E-state index contributed by atoms with van der Waals surface area (Å²) >= 11 is 3.36. The molecule has 6 heteroatoms. The molecule has 0 saturated carbocycles. The van der Waals surface area contributed by atoms with Gasteiger partial charge < -0.3 is 4.40 Å². The third-order valence-corrected chi connectivity index (χ3v) is 2.44. The zero-order valence-electron chi connectivity index (χ0n) is 7.77. The van der Waals surface area contributed by atoms with Gasteiger partial charge in [-0.1, -0.05) is 0 Å². The van der Waals surface area contributed by atoms with E-state index >= 15 is 0 Å². The number of amides is 1. The Morgan fingerprint density at radius 2 is 2.33 bits per heavy atom. The number of hydrogen-bond donors (Lipinski definition) is 2. The van der Waals surface area contributed by atoms with Gasteiger partial charge in [-0.2, -0.15) is 0 Å². The van der Waals surface area contributed by atoms with E-state index in [1.807, 2.05) is 22.7 Å². The van der Waals surface area contributed by atoms with Crippen LogP contribution in [0, 0.1) is 0 Å². The fourth-order valence-corrected chi connectivity index (χ4v) is 1.67. The van der Waals surface area contributed by atoms with Crippen molar-refractivity contribution in [1.29, 1.82) is 0 Å². The molecule has 0 aliphatic rings. The van der Waals surface area contributed by atoms with E-state index in [1.165, 1.54) is 0 Å². The average molecular weight is 269 g/mol. The second-order valence-electron chi connectivity index (χ2n) is 3.09. The normalized spacial score (nSPS) is 10.5. The second kappa shape index (κ2) is 4.00. The predicted octanol–water partition coefficient (Wildman–Crippen LogP) is 0.629. The molecule has 5 nitrogen and oxygen atoms in total. The van der Waals surface area contributed by atoms with Crippen molar-refractivity contribution in [2.24, 2.45) is 5.84 Å². The van der Waals surface area contributed by atoms with Crippen LogP contribution in [-0.2, 0) is 11.2 Å². The quantitative estimate of drug-likeness (QED) is 0.477. The van der Waals surface area contributed by atoms with Gasteiger partial charge >= 0.3 is 0 Å². The van der Waals surface area contributed by atoms with Gasteiger partial charge in [0.25, 0.3) is 0 Å². The Bertz CT molecular complexity index is 508. The molecule has 0 aliphatic heterocycles. The molecule has 1 amide bonds. The van der Waals surface area contributed by atoms with E-state index in [9.17, 15) is 4.79 Å². The van der Waals surface area contributed by atoms with Crippen LogP contribution in [0.25, 0.3) is 5.65 Å². The summed E-state index contributed by atoms with van der Waals surface area (Å²) in [7, 11) is 0. The molecule has 0 saturated heterocycles. The summed E-state index contributed by atoms with van der Waals surface area (Å²) in [6.07, 6.45) is 3.87. The minimum atomic E-state index is -0.252. The summed E-state index contributed by atoms with van der Waals surface area (Å²) < 4.78 is 2.81. The Kier molecular flexibility index (Phi) is 2.70. The van der Waals surface area contributed by atoms with Gasteiger partial charge in [-0.05, 0) is 28.1 Å². The van der Waals surface area contributed by atoms with Crippen LogP contribution < -0.4 is 11.3 Å². The van der Waals surface area contributed by atoms with Gasteiger partial charge in [0.05, 0.1) is 12.1 Å². The smallest absolute Gasteiger partial charge is 0.239 e. The number of aromatic nitrogens is 2. The zero-order chi connectivity index (χ0) is 10.8. The van der Waals surface area contributed by atoms with Crippen molar-refractivity contribution in [3.63, 3.8) is 0 Å². The summed E-state index contributed by atoms with van der Waals surface area (Å²) in [6.45, 7) is 0. The first-order valence-electron chi connectivity index (χ1n) is 4.31. The molecular weight excluding hydrogens is 260 g/mol. The molecule has 2 rings (SSSR count). The van der Waals surface area contributed by atoms with Crippen LogP contribution in [0.5, 0.6) is 0 Å². The Morgan fingerprint density at radius 3 is 3.07 bits per heavy atom. The molecule has 15 heavy (non-hydrogen) atoms. The molecule has 0 fully saturated rings. The highest BCUT2D eigenvalue weighted by Gasteiger charge is 2.06. The molecule has 0 aliphatic carbocycles. The van der Waals surface area contributed by atoms with Crippen LogP contribution in [-0.4, -0.2) is 15.3 Å². The Balaban J connectivity index is 2.34. The van der Waals surface area contributed by atoms with Crippen LogP contribution in [0.3, 0.4) is 0 Å². The van der Waals surface area contributed by atoms with Gasteiger partial charge in [0.2, 0.25) is 5.91 Å². The number of fused-ring (bicyclic) bond motifs is 1. The lowest BCUT2D eigenvalue weighted by Crippen LogP contribution is -2.31. The van der Waals surface area contributed by atoms with Gasteiger partial charge in [-0.25, -0.2) is 10.8 Å². The topological polar surface area (TPSA) is 72.4 Å². The van der Waals surface area contributed by atoms with E-state index in [0.717, 1.165) is 10.1 Å². The highest BCUT2D eigenvalue weighted by atomic mass is 79.9. The molecule has 2 aromatic rings. The Hall–Kier alpha value is -1.40. The van der Waals surface area contributed by atoms with Crippen LogP contribution in [0.4, 0.5) is 0 Å². The van der Waals surface area contributed by atoms with Crippen molar-refractivity contribution in [2.75, 3.05) is 0 Å². The van der Waals surface area contributed by atoms with Gasteiger partial charge in [-0.3, -0.25) is 10.2 Å². The van der Waals surface area contributed by atoms with Crippen molar-refractivity contribution in [2.45, 2.75) is 6.42 Å². The lowest BCUT2D eigenvalue weighted by atomic mass is 10.3. The predicted molar refractivity (Wildman–Crippen MR) is 58.9 cm³/mol. The number of rotatable bonds is 2. The first kappa shape index (κ1) is 10.1. The molecule has 0 aromatic carbocycles. The summed E-state index contributed by atoms with van der Waals surface area (Å²) in [5.74, 6) is 4.74. The van der Waals surface area contributed by atoms with Crippen molar-refractivity contribution in [1.82, 2.24) is 14.8 Å². The number of pyridine rings is 1. The summed E-state index contributed by atoms with van der Waals surface area (Å²) in [5, 5.41) is 0. The van der Waals surface area contributed by atoms with Gasteiger partial charge in [-0.15, -0.1) is 0 Å². The molecule has 0 atom stereocenters. The van der Waals surface area contributed by atoms with Gasteiger partial charge in [0.15, 0.2) is 0 Å². The van der Waals surface area contributed by atoms with Crippen molar-refractivity contribution in [3.05, 3.63) is 34.7 Å². The molecule has 78 valence electrons. The first-order valence-corrected chi connectivity index (χ1v) is 5.11. The second-order valence-corrected chi connectivity index (χ2v) is 4.00. The number of carbonyl (C=O) groups is 1. The maximum Gasteiger partial charge on any atom is 0.239 e. The van der Waals surface area contributed by atoms with Crippen molar-refractivity contribution >= 4 is 27.5 Å². The third-order valence-electron chi connectivity index (χ3n) is 1.97. The minimum Gasteiger partial charge on any atom is -0.306 e. The van der Waals surface area contributed by atoms with Gasteiger partial charge in [0.1, 0.15) is 5.65 Å². The van der Waals surface area contributed by atoms with Crippen LogP contribution in [0.15, 0.2) is 29.0 Å². The van der Waals surface area contributed by atoms with Crippen molar-refractivity contribution in [3.8, 4) is 0 Å². The average Bonchev–Trinajstić information content (AvgIpc) is 2.59. The fourth-order valence-electron chi connectivity index (χ4n) is 1.32. The summed E-state index contributed by atoms with van der Waals surface area (Å²) in [6, 6.07) is 3.77. The fraction of sp³-hybridized carbons (Fsp3) is 0.111. The molecule has 2 heterocycles. The number of hydrogen-bond acceptors (Lipinski definition) is 3. The maximum atomic E-state index is 11.0.